The van der Waals surface area contributed by atoms with Crippen molar-refractivity contribution in [3.63, 3.8) is 0 Å². The summed E-state index contributed by atoms with van der Waals surface area (Å²) in [4.78, 5) is 37.4. The van der Waals surface area contributed by atoms with Crippen molar-refractivity contribution >= 4 is 29.3 Å². The van der Waals surface area contributed by atoms with E-state index in [9.17, 15) is 14.4 Å². The zero-order chi connectivity index (χ0) is 13.1. The van der Waals surface area contributed by atoms with Crippen LogP contribution in [0.15, 0.2) is 29.3 Å². The molecule has 0 radical (unpaired) electrons. The Morgan fingerprint density at radius 3 is 2.56 bits per heavy atom. The second kappa shape index (κ2) is 4.81. The first-order valence-electron chi connectivity index (χ1n) is 5.33. The molecule has 1 atom stereocenters. The van der Waals surface area contributed by atoms with Crippen molar-refractivity contribution in [2.24, 2.45) is 10.9 Å². The molecule has 0 aliphatic carbocycles. The van der Waals surface area contributed by atoms with Crippen LogP contribution in [0.25, 0.3) is 0 Å². The molecule has 0 spiro atoms. The van der Waals surface area contributed by atoms with E-state index in [0.29, 0.717) is 11.4 Å². The predicted octanol–water partition coefficient (Wildman–Crippen LogP) is 1.09. The summed E-state index contributed by atoms with van der Waals surface area (Å²) in [6, 6.07) is 6.39. The molecule has 1 unspecified atom stereocenters. The van der Waals surface area contributed by atoms with Crippen LogP contribution in [-0.2, 0) is 14.4 Å². The Morgan fingerprint density at radius 2 is 2.06 bits per heavy atom. The number of isocyanates is 1. The van der Waals surface area contributed by atoms with Gasteiger partial charge in [-0.15, -0.1) is 0 Å². The largest absolute Gasteiger partial charge is 0.481 e. The number of carbonyl (C=O) groups excluding carboxylic acids is 2. The Balaban J connectivity index is 2.19. The third-order valence-corrected chi connectivity index (χ3v) is 2.81. The molecule has 1 N–H and O–H groups in total. The van der Waals surface area contributed by atoms with Crippen LogP contribution in [0.3, 0.4) is 0 Å². The normalized spacial score (nSPS) is 18.6. The highest BCUT2D eigenvalue weighted by Crippen LogP contribution is 2.26. The highest BCUT2D eigenvalue weighted by molar-refractivity contribution is 5.99. The number of carboxylic acid groups (broad SMARTS) is 1. The van der Waals surface area contributed by atoms with Gasteiger partial charge in [-0.3, -0.25) is 9.59 Å². The minimum absolute atomic E-state index is 0.0174. The topological polar surface area (TPSA) is 87.0 Å². The summed E-state index contributed by atoms with van der Waals surface area (Å²) < 4.78 is 0. The first-order chi connectivity index (χ1) is 8.61. The van der Waals surface area contributed by atoms with E-state index in [1.807, 2.05) is 0 Å². The van der Waals surface area contributed by atoms with E-state index in [1.165, 1.54) is 11.0 Å². The fourth-order valence-corrected chi connectivity index (χ4v) is 1.88. The van der Waals surface area contributed by atoms with Crippen molar-refractivity contribution in [3.8, 4) is 0 Å². The standard InChI is InChI=1S/C12H10N2O4/c15-7-13-9-1-3-10(4-2-9)14-6-8(12(17)18)5-11(14)16/h1-4,8H,5-6H2,(H,17,18). The molecule has 0 bridgehead atoms. The van der Waals surface area contributed by atoms with E-state index in [2.05, 4.69) is 4.99 Å². The van der Waals surface area contributed by atoms with Crippen molar-refractivity contribution < 1.29 is 19.5 Å². The summed E-state index contributed by atoms with van der Waals surface area (Å²) in [7, 11) is 0. The lowest BCUT2D eigenvalue weighted by atomic mass is 10.1. The van der Waals surface area contributed by atoms with Gasteiger partial charge in [-0.1, -0.05) is 0 Å². The van der Waals surface area contributed by atoms with Crippen molar-refractivity contribution in [1.82, 2.24) is 0 Å². The van der Waals surface area contributed by atoms with Crippen LogP contribution in [0.5, 0.6) is 0 Å². The number of anilines is 1. The molecular formula is C12H10N2O4. The van der Waals surface area contributed by atoms with E-state index in [4.69, 9.17) is 5.11 Å². The van der Waals surface area contributed by atoms with E-state index >= 15 is 0 Å². The van der Waals surface area contributed by atoms with E-state index < -0.39 is 11.9 Å². The van der Waals surface area contributed by atoms with Crippen LogP contribution in [0.4, 0.5) is 11.4 Å². The maximum atomic E-state index is 11.7. The van der Waals surface area contributed by atoms with Gasteiger partial charge in [-0.05, 0) is 24.3 Å². The molecule has 1 aliphatic heterocycles. The quantitative estimate of drug-likeness (QED) is 0.638. The molecular weight excluding hydrogens is 236 g/mol. The number of carboxylic acids is 1. The third-order valence-electron chi connectivity index (χ3n) is 2.81. The molecule has 92 valence electrons. The van der Waals surface area contributed by atoms with Gasteiger partial charge in [0.15, 0.2) is 0 Å². The first kappa shape index (κ1) is 12.0. The van der Waals surface area contributed by atoms with Crippen LogP contribution in [0, 0.1) is 5.92 Å². The molecule has 0 aromatic heterocycles. The van der Waals surface area contributed by atoms with Crippen LogP contribution in [0.1, 0.15) is 6.42 Å². The van der Waals surface area contributed by atoms with Crippen molar-refractivity contribution in [2.75, 3.05) is 11.4 Å². The molecule has 1 fully saturated rings. The first-order valence-corrected chi connectivity index (χ1v) is 5.33. The maximum absolute atomic E-state index is 11.7. The van der Waals surface area contributed by atoms with Crippen LogP contribution in [0.2, 0.25) is 0 Å². The molecule has 1 aromatic rings. The zero-order valence-electron chi connectivity index (χ0n) is 9.37. The fourth-order valence-electron chi connectivity index (χ4n) is 1.88. The highest BCUT2D eigenvalue weighted by Gasteiger charge is 2.34. The molecule has 1 aromatic carbocycles. The fraction of sp³-hybridized carbons (Fsp3) is 0.250. The molecule has 18 heavy (non-hydrogen) atoms. The van der Waals surface area contributed by atoms with Gasteiger partial charge in [0.2, 0.25) is 12.0 Å². The number of carbonyl (C=O) groups is 2. The summed E-state index contributed by atoms with van der Waals surface area (Å²) in [5.41, 5.74) is 1.05. The molecule has 1 aliphatic rings. The van der Waals surface area contributed by atoms with E-state index in [1.54, 1.807) is 24.3 Å². The molecule has 0 saturated carbocycles. The van der Waals surface area contributed by atoms with Gasteiger partial charge in [-0.2, -0.15) is 4.99 Å². The summed E-state index contributed by atoms with van der Waals surface area (Å²) >= 11 is 0. The Kier molecular flexibility index (Phi) is 3.21. The monoisotopic (exact) mass is 246 g/mol. The number of benzene rings is 1. The second-order valence-corrected chi connectivity index (χ2v) is 3.96. The molecule has 6 nitrogen and oxygen atoms in total. The molecule has 6 heteroatoms. The number of aliphatic imine (C=N–C) groups is 1. The van der Waals surface area contributed by atoms with Gasteiger partial charge in [0.25, 0.3) is 0 Å². The van der Waals surface area contributed by atoms with Crippen molar-refractivity contribution in [2.45, 2.75) is 6.42 Å². The summed E-state index contributed by atoms with van der Waals surface area (Å²) in [6.45, 7) is 0.171. The van der Waals surface area contributed by atoms with Crippen LogP contribution >= 0.6 is 0 Å². The zero-order valence-corrected chi connectivity index (χ0v) is 9.37. The number of hydrogen-bond donors (Lipinski definition) is 1. The van der Waals surface area contributed by atoms with Gasteiger partial charge < -0.3 is 10.0 Å². The lowest BCUT2D eigenvalue weighted by Gasteiger charge is -2.15. The third kappa shape index (κ3) is 2.28. The van der Waals surface area contributed by atoms with Gasteiger partial charge >= 0.3 is 5.97 Å². The lowest BCUT2D eigenvalue weighted by Crippen LogP contribution is -2.25. The number of amides is 1. The van der Waals surface area contributed by atoms with E-state index in [-0.39, 0.29) is 18.9 Å². The number of nitrogens with zero attached hydrogens (tertiary/aromatic N) is 2. The molecule has 1 heterocycles. The van der Waals surface area contributed by atoms with Gasteiger partial charge in [-0.25, -0.2) is 4.79 Å². The summed E-state index contributed by atoms with van der Waals surface area (Å²) in [5.74, 6) is -1.84. The smallest absolute Gasteiger partial charge is 0.308 e. The van der Waals surface area contributed by atoms with E-state index in [0.717, 1.165) is 0 Å². The highest BCUT2D eigenvalue weighted by atomic mass is 16.4. The van der Waals surface area contributed by atoms with Gasteiger partial charge in [0.1, 0.15) is 0 Å². The number of aliphatic carboxylic acids is 1. The lowest BCUT2D eigenvalue weighted by molar-refractivity contribution is -0.141. The molecule has 1 amide bonds. The Morgan fingerprint density at radius 1 is 1.39 bits per heavy atom. The minimum Gasteiger partial charge on any atom is -0.481 e. The van der Waals surface area contributed by atoms with Crippen molar-refractivity contribution in [1.29, 1.82) is 0 Å². The molecule has 2 rings (SSSR count). The molecule has 1 saturated heterocycles. The number of rotatable bonds is 3. The van der Waals surface area contributed by atoms with Gasteiger partial charge in [0.05, 0.1) is 11.6 Å². The van der Waals surface area contributed by atoms with Crippen molar-refractivity contribution in [3.05, 3.63) is 24.3 Å². The van der Waals surface area contributed by atoms with Gasteiger partial charge in [0, 0.05) is 18.7 Å². The predicted molar refractivity (Wildman–Crippen MR) is 62.3 cm³/mol. The Labute approximate surface area is 103 Å². The average molecular weight is 246 g/mol. The van der Waals surface area contributed by atoms with Crippen LogP contribution in [-0.4, -0.2) is 29.6 Å². The summed E-state index contributed by atoms with van der Waals surface area (Å²) in [5, 5.41) is 8.87. The van der Waals surface area contributed by atoms with Crippen LogP contribution < -0.4 is 4.90 Å². The summed E-state index contributed by atoms with van der Waals surface area (Å²) in [6.07, 6.45) is 1.44. The second-order valence-electron chi connectivity index (χ2n) is 3.96. The maximum Gasteiger partial charge on any atom is 0.308 e. The SMILES string of the molecule is O=C=Nc1ccc(N2CC(C(=O)O)CC2=O)cc1. The Bertz CT molecular complexity index is 532. The average Bonchev–Trinajstić information content (AvgIpc) is 2.73. The Hall–Kier alpha value is -2.46. The number of hydrogen-bond acceptors (Lipinski definition) is 4. The minimum atomic E-state index is -0.965.